The molecule has 2 aliphatic rings. The van der Waals surface area contributed by atoms with Gasteiger partial charge in [-0.25, -0.2) is 4.90 Å². The molecule has 3 heterocycles. The van der Waals surface area contributed by atoms with Gasteiger partial charge in [-0.1, -0.05) is 23.9 Å². The standard InChI is InChI=1S/C17H17N5O3S/c1-20-10-18-19-17(20)26-9-14(23)22-12-6-3-2-5-11(12)15(24)21-8-4-7-13(21)16(22)25/h2-3,5-6,10,13H,4,7-9H2,1H3/t13-/m1/s1. The molecule has 9 heteroatoms. The Morgan fingerprint density at radius 2 is 2.12 bits per heavy atom. The zero-order valence-electron chi connectivity index (χ0n) is 14.2. The van der Waals surface area contributed by atoms with Gasteiger partial charge in [0.1, 0.15) is 12.4 Å². The average molecular weight is 371 g/mol. The molecule has 134 valence electrons. The lowest BCUT2D eigenvalue weighted by Crippen LogP contribution is -2.47. The zero-order chi connectivity index (χ0) is 18.3. The Hall–Kier alpha value is -2.68. The molecule has 0 saturated carbocycles. The Morgan fingerprint density at radius 1 is 1.31 bits per heavy atom. The number of carbonyl (C=O) groups is 3. The van der Waals surface area contributed by atoms with Crippen LogP contribution in [-0.2, 0) is 16.6 Å². The van der Waals surface area contributed by atoms with E-state index < -0.39 is 6.04 Å². The van der Waals surface area contributed by atoms with Crippen molar-refractivity contribution in [3.8, 4) is 0 Å². The van der Waals surface area contributed by atoms with E-state index in [2.05, 4.69) is 10.2 Å². The molecule has 2 aromatic rings. The van der Waals surface area contributed by atoms with Crippen molar-refractivity contribution in [2.75, 3.05) is 17.2 Å². The third-order valence-electron chi connectivity index (χ3n) is 4.64. The van der Waals surface area contributed by atoms with E-state index in [1.54, 1.807) is 47.1 Å². The maximum atomic E-state index is 13.1. The summed E-state index contributed by atoms with van der Waals surface area (Å²) in [5, 5.41) is 8.31. The molecule has 1 aromatic heterocycles. The highest BCUT2D eigenvalue weighted by molar-refractivity contribution is 7.99. The Bertz CT molecular complexity index is 896. The van der Waals surface area contributed by atoms with Crippen LogP contribution in [0.3, 0.4) is 0 Å². The predicted molar refractivity (Wildman–Crippen MR) is 94.7 cm³/mol. The monoisotopic (exact) mass is 371 g/mol. The molecular formula is C17H17N5O3S. The number of rotatable bonds is 3. The van der Waals surface area contributed by atoms with Crippen LogP contribution in [0, 0.1) is 0 Å². The van der Waals surface area contributed by atoms with Crippen LogP contribution >= 0.6 is 11.8 Å². The fourth-order valence-electron chi connectivity index (χ4n) is 3.39. The number of thioether (sulfide) groups is 1. The summed E-state index contributed by atoms with van der Waals surface area (Å²) in [6.07, 6.45) is 2.90. The van der Waals surface area contributed by atoms with E-state index in [1.807, 2.05) is 0 Å². The molecule has 0 aliphatic carbocycles. The maximum Gasteiger partial charge on any atom is 0.256 e. The normalized spacial score (nSPS) is 19.3. The Kier molecular flexibility index (Phi) is 4.23. The van der Waals surface area contributed by atoms with Crippen molar-refractivity contribution < 1.29 is 14.4 Å². The maximum absolute atomic E-state index is 13.1. The van der Waals surface area contributed by atoms with E-state index >= 15 is 0 Å². The Morgan fingerprint density at radius 3 is 2.88 bits per heavy atom. The van der Waals surface area contributed by atoms with Crippen LogP contribution in [0.15, 0.2) is 35.7 Å². The molecule has 3 amide bonds. The van der Waals surface area contributed by atoms with Crippen molar-refractivity contribution in [2.24, 2.45) is 7.05 Å². The molecule has 0 spiro atoms. The van der Waals surface area contributed by atoms with Crippen molar-refractivity contribution in [3.63, 3.8) is 0 Å². The highest BCUT2D eigenvalue weighted by atomic mass is 32.2. The van der Waals surface area contributed by atoms with E-state index in [4.69, 9.17) is 0 Å². The molecule has 1 fully saturated rings. The second-order valence-electron chi connectivity index (χ2n) is 6.25. The molecule has 0 radical (unpaired) electrons. The molecule has 1 atom stereocenters. The van der Waals surface area contributed by atoms with Crippen molar-refractivity contribution in [1.29, 1.82) is 0 Å². The van der Waals surface area contributed by atoms with Crippen LogP contribution in [0.4, 0.5) is 5.69 Å². The number of hydrogen-bond acceptors (Lipinski definition) is 6. The van der Waals surface area contributed by atoms with Crippen LogP contribution in [0.2, 0.25) is 0 Å². The third kappa shape index (κ3) is 2.68. The number of amides is 3. The summed E-state index contributed by atoms with van der Waals surface area (Å²) >= 11 is 1.21. The van der Waals surface area contributed by atoms with Crippen molar-refractivity contribution in [2.45, 2.75) is 24.0 Å². The number of nitrogens with zero attached hydrogens (tertiary/aromatic N) is 5. The Balaban J connectivity index is 1.67. The van der Waals surface area contributed by atoms with Gasteiger partial charge in [0.2, 0.25) is 5.91 Å². The third-order valence-corrected chi connectivity index (χ3v) is 5.66. The van der Waals surface area contributed by atoms with Gasteiger partial charge in [-0.3, -0.25) is 14.4 Å². The number of aryl methyl sites for hydroxylation is 1. The van der Waals surface area contributed by atoms with Crippen LogP contribution in [0.25, 0.3) is 0 Å². The lowest BCUT2D eigenvalue weighted by molar-refractivity contribution is -0.127. The first kappa shape index (κ1) is 16.8. The molecule has 0 bridgehead atoms. The number of hydrogen-bond donors (Lipinski definition) is 0. The first-order chi connectivity index (χ1) is 12.6. The van der Waals surface area contributed by atoms with Crippen LogP contribution in [0.1, 0.15) is 23.2 Å². The molecule has 8 nitrogen and oxygen atoms in total. The van der Waals surface area contributed by atoms with E-state index in [0.29, 0.717) is 29.4 Å². The fourth-order valence-corrected chi connectivity index (χ4v) is 4.13. The van der Waals surface area contributed by atoms with Gasteiger partial charge < -0.3 is 9.47 Å². The van der Waals surface area contributed by atoms with E-state index in [9.17, 15) is 14.4 Å². The minimum absolute atomic E-state index is 0.0352. The summed E-state index contributed by atoms with van der Waals surface area (Å²) in [5.41, 5.74) is 0.753. The van der Waals surface area contributed by atoms with Crippen LogP contribution < -0.4 is 4.90 Å². The topological polar surface area (TPSA) is 88.4 Å². The molecular weight excluding hydrogens is 354 g/mol. The van der Waals surface area contributed by atoms with Gasteiger partial charge in [-0.2, -0.15) is 0 Å². The van der Waals surface area contributed by atoms with Gasteiger partial charge >= 0.3 is 0 Å². The summed E-state index contributed by atoms with van der Waals surface area (Å²) in [6.45, 7) is 0.541. The van der Waals surface area contributed by atoms with Gasteiger partial charge in [0, 0.05) is 13.6 Å². The number of benzene rings is 1. The molecule has 1 saturated heterocycles. The van der Waals surface area contributed by atoms with Crippen molar-refractivity contribution in [3.05, 3.63) is 36.2 Å². The lowest BCUT2D eigenvalue weighted by atomic mass is 10.1. The van der Waals surface area contributed by atoms with Gasteiger partial charge in [0.25, 0.3) is 11.8 Å². The summed E-state index contributed by atoms with van der Waals surface area (Å²) in [5.74, 6) is -0.845. The molecule has 0 unspecified atom stereocenters. The predicted octanol–water partition coefficient (Wildman–Crippen LogP) is 1.09. The second kappa shape index (κ2) is 6.56. The minimum atomic E-state index is -0.571. The van der Waals surface area contributed by atoms with E-state index in [-0.39, 0.29) is 23.5 Å². The number of anilines is 1. The van der Waals surface area contributed by atoms with Crippen LogP contribution in [-0.4, -0.2) is 55.7 Å². The largest absolute Gasteiger partial charge is 0.327 e. The van der Waals surface area contributed by atoms with Crippen molar-refractivity contribution >= 4 is 35.2 Å². The summed E-state index contributed by atoms with van der Waals surface area (Å²) < 4.78 is 1.71. The van der Waals surface area contributed by atoms with Crippen molar-refractivity contribution in [1.82, 2.24) is 19.7 Å². The number of para-hydroxylation sites is 1. The van der Waals surface area contributed by atoms with Gasteiger partial charge in [-0.05, 0) is 25.0 Å². The lowest BCUT2D eigenvalue weighted by Gasteiger charge is -2.24. The Labute approximate surface area is 154 Å². The second-order valence-corrected chi connectivity index (χ2v) is 7.20. The SMILES string of the molecule is Cn1cnnc1SCC(=O)N1C(=O)[C@H]2CCCN2C(=O)c2ccccc21. The highest BCUT2D eigenvalue weighted by Gasteiger charge is 2.43. The minimum Gasteiger partial charge on any atom is -0.327 e. The molecule has 4 rings (SSSR count). The first-order valence-corrected chi connectivity index (χ1v) is 9.30. The average Bonchev–Trinajstić information content (AvgIpc) is 3.27. The molecule has 26 heavy (non-hydrogen) atoms. The summed E-state index contributed by atoms with van der Waals surface area (Å²) in [6, 6.07) is 6.22. The quantitative estimate of drug-likeness (QED) is 0.751. The molecule has 1 aromatic carbocycles. The fraction of sp³-hybridized carbons (Fsp3) is 0.353. The number of carbonyl (C=O) groups excluding carboxylic acids is 3. The van der Waals surface area contributed by atoms with E-state index in [0.717, 1.165) is 6.42 Å². The first-order valence-electron chi connectivity index (χ1n) is 8.31. The highest BCUT2D eigenvalue weighted by Crippen LogP contribution is 2.33. The zero-order valence-corrected chi connectivity index (χ0v) is 15.0. The number of fused-ring (bicyclic) bond motifs is 2. The molecule has 2 aliphatic heterocycles. The molecule has 0 N–H and O–H groups in total. The summed E-state index contributed by atoms with van der Waals surface area (Å²) in [4.78, 5) is 41.6. The number of aromatic nitrogens is 3. The van der Waals surface area contributed by atoms with Crippen LogP contribution in [0.5, 0.6) is 0 Å². The summed E-state index contributed by atoms with van der Waals surface area (Å²) in [7, 11) is 1.79. The van der Waals surface area contributed by atoms with Gasteiger partial charge in [0.15, 0.2) is 5.16 Å². The smallest absolute Gasteiger partial charge is 0.256 e. The van der Waals surface area contributed by atoms with E-state index in [1.165, 1.54) is 16.7 Å². The van der Waals surface area contributed by atoms with Gasteiger partial charge in [-0.15, -0.1) is 10.2 Å². The van der Waals surface area contributed by atoms with Gasteiger partial charge in [0.05, 0.1) is 17.0 Å². The number of imide groups is 1.